The normalized spacial score (nSPS) is 23.1. The van der Waals surface area contributed by atoms with Crippen LogP contribution >= 0.6 is 0 Å². The third-order valence-corrected chi connectivity index (χ3v) is 6.71. The zero-order valence-corrected chi connectivity index (χ0v) is 16.1. The number of hydroxylamine groups is 3. The average molecular weight is 341 g/mol. The second kappa shape index (κ2) is 6.14. The highest BCUT2D eigenvalue weighted by Gasteiger charge is 2.32. The molecule has 2 heterocycles. The zero-order valence-electron chi connectivity index (χ0n) is 16.1. The lowest BCUT2D eigenvalue weighted by molar-refractivity contribution is -0.868. The van der Waals surface area contributed by atoms with Crippen molar-refractivity contribution in [2.75, 3.05) is 19.6 Å². The molecule has 2 aromatic rings. The summed E-state index contributed by atoms with van der Waals surface area (Å²) in [6.45, 7) is 10.4. The molecule has 0 N–H and O–H groups in total. The molecule has 1 aliphatic carbocycles. The summed E-state index contributed by atoms with van der Waals surface area (Å²) >= 11 is 0. The minimum absolute atomic E-state index is 0.0197. The molecule has 3 nitrogen and oxygen atoms in total. The van der Waals surface area contributed by atoms with Crippen LogP contribution in [0.4, 0.5) is 0 Å². The number of benzene rings is 1. The molecule has 0 spiro atoms. The maximum atomic E-state index is 12.8. The zero-order chi connectivity index (χ0) is 17.7. The van der Waals surface area contributed by atoms with Crippen LogP contribution in [0, 0.1) is 16.5 Å². The van der Waals surface area contributed by atoms with Gasteiger partial charge >= 0.3 is 0 Å². The molecule has 25 heavy (non-hydrogen) atoms. The van der Waals surface area contributed by atoms with Crippen molar-refractivity contribution < 1.29 is 4.65 Å². The van der Waals surface area contributed by atoms with E-state index >= 15 is 0 Å². The van der Waals surface area contributed by atoms with Gasteiger partial charge in [-0.2, -0.15) is 0 Å². The van der Waals surface area contributed by atoms with Crippen LogP contribution in [-0.4, -0.2) is 28.8 Å². The van der Waals surface area contributed by atoms with Crippen molar-refractivity contribution in [1.29, 1.82) is 0 Å². The van der Waals surface area contributed by atoms with Gasteiger partial charge < -0.3 is 14.4 Å². The van der Waals surface area contributed by atoms with Gasteiger partial charge in [-0.25, -0.2) is 0 Å². The second-order valence-electron chi connectivity index (χ2n) is 9.34. The van der Waals surface area contributed by atoms with Crippen LogP contribution in [-0.2, 0) is 19.4 Å². The van der Waals surface area contributed by atoms with Gasteiger partial charge in [0, 0.05) is 29.4 Å². The number of quaternary nitrogens is 1. The highest BCUT2D eigenvalue weighted by atomic mass is 16.5. The van der Waals surface area contributed by atoms with E-state index < -0.39 is 0 Å². The summed E-state index contributed by atoms with van der Waals surface area (Å²) in [7, 11) is 0. The van der Waals surface area contributed by atoms with Crippen molar-refractivity contribution in [3.63, 3.8) is 0 Å². The molecule has 1 saturated heterocycles. The van der Waals surface area contributed by atoms with Crippen LogP contribution in [0.5, 0.6) is 0 Å². The van der Waals surface area contributed by atoms with Crippen LogP contribution in [0.1, 0.15) is 51.3 Å². The number of hydrogen-bond donors (Lipinski definition) is 0. The Morgan fingerprint density at radius 2 is 1.88 bits per heavy atom. The highest BCUT2D eigenvalue weighted by molar-refractivity contribution is 5.86. The second-order valence-corrected chi connectivity index (χ2v) is 9.34. The van der Waals surface area contributed by atoms with Gasteiger partial charge in [-0.05, 0) is 42.2 Å². The van der Waals surface area contributed by atoms with Gasteiger partial charge in [-0.15, -0.1) is 0 Å². The monoisotopic (exact) mass is 340 g/mol. The summed E-state index contributed by atoms with van der Waals surface area (Å²) in [5.74, 6) is 0.746. The molecule has 136 valence electrons. The van der Waals surface area contributed by atoms with E-state index in [-0.39, 0.29) is 4.65 Å². The predicted molar refractivity (Wildman–Crippen MR) is 104 cm³/mol. The maximum Gasteiger partial charge on any atom is 0.0966 e. The van der Waals surface area contributed by atoms with Gasteiger partial charge in [-0.1, -0.05) is 39.0 Å². The van der Waals surface area contributed by atoms with Crippen LogP contribution in [0.25, 0.3) is 10.9 Å². The first-order chi connectivity index (χ1) is 11.9. The summed E-state index contributed by atoms with van der Waals surface area (Å²) in [4.78, 5) is 0. The topological polar surface area (TPSA) is 28.0 Å². The molecular weight excluding hydrogens is 308 g/mol. The first kappa shape index (κ1) is 17.1. The van der Waals surface area contributed by atoms with E-state index in [1.807, 2.05) is 0 Å². The van der Waals surface area contributed by atoms with Gasteiger partial charge in [0.2, 0.25) is 0 Å². The summed E-state index contributed by atoms with van der Waals surface area (Å²) < 4.78 is 2.51. The minimum Gasteiger partial charge on any atom is -0.633 e. The summed E-state index contributed by atoms with van der Waals surface area (Å²) in [6, 6.07) is 8.84. The van der Waals surface area contributed by atoms with Gasteiger partial charge in [0.05, 0.1) is 26.2 Å². The number of likely N-dealkylation sites (tertiary alicyclic amines) is 1. The van der Waals surface area contributed by atoms with Crippen molar-refractivity contribution in [3.05, 3.63) is 40.7 Å². The van der Waals surface area contributed by atoms with Crippen molar-refractivity contribution in [1.82, 2.24) is 4.57 Å². The number of rotatable bonds is 3. The molecular formula is C22H32N2O. The molecule has 1 aromatic heterocycles. The van der Waals surface area contributed by atoms with Gasteiger partial charge in [0.15, 0.2) is 0 Å². The average Bonchev–Trinajstić information content (AvgIpc) is 3.14. The Hall–Kier alpha value is -1.32. The quantitative estimate of drug-likeness (QED) is 0.577. The first-order valence-corrected chi connectivity index (χ1v) is 10.0. The Labute approximate surface area is 151 Å². The van der Waals surface area contributed by atoms with Gasteiger partial charge in [0.1, 0.15) is 0 Å². The third-order valence-electron chi connectivity index (χ3n) is 6.71. The predicted octanol–water partition coefficient (Wildman–Crippen LogP) is 4.90. The smallest absolute Gasteiger partial charge is 0.0966 e. The fourth-order valence-corrected chi connectivity index (χ4v) is 5.01. The van der Waals surface area contributed by atoms with Crippen LogP contribution in [0.15, 0.2) is 24.3 Å². The molecule has 1 aliphatic heterocycles. The Bertz CT molecular complexity index is 762. The largest absolute Gasteiger partial charge is 0.633 e. The van der Waals surface area contributed by atoms with Crippen molar-refractivity contribution in [2.45, 2.75) is 59.4 Å². The van der Waals surface area contributed by atoms with Gasteiger partial charge in [0.25, 0.3) is 0 Å². The fraction of sp³-hybridized carbons (Fsp3) is 0.636. The Balaban J connectivity index is 1.68. The first-order valence-electron chi connectivity index (χ1n) is 10.0. The molecule has 1 aromatic carbocycles. The van der Waals surface area contributed by atoms with Crippen molar-refractivity contribution in [2.24, 2.45) is 11.3 Å². The van der Waals surface area contributed by atoms with Crippen molar-refractivity contribution >= 4 is 10.9 Å². The van der Waals surface area contributed by atoms with E-state index in [4.69, 9.17) is 0 Å². The lowest BCUT2D eigenvalue weighted by Crippen LogP contribution is -2.41. The molecule has 4 rings (SSSR count). The molecule has 1 unspecified atom stereocenters. The van der Waals surface area contributed by atoms with Gasteiger partial charge in [-0.3, -0.25) is 0 Å². The Kier molecular flexibility index (Phi) is 4.20. The van der Waals surface area contributed by atoms with E-state index in [0.717, 1.165) is 51.4 Å². The number of para-hydroxylation sites is 1. The van der Waals surface area contributed by atoms with E-state index in [1.54, 1.807) is 5.56 Å². The molecule has 2 aliphatic rings. The minimum atomic E-state index is 0.0197. The fourth-order valence-electron chi connectivity index (χ4n) is 5.01. The lowest BCUT2D eigenvalue weighted by Gasteiger charge is -2.39. The molecule has 0 radical (unpaired) electrons. The van der Waals surface area contributed by atoms with Crippen LogP contribution in [0.3, 0.4) is 0 Å². The Morgan fingerprint density at radius 1 is 1.16 bits per heavy atom. The third kappa shape index (κ3) is 3.13. The number of nitrogens with zero attached hydrogens (tertiary/aromatic N) is 2. The highest BCUT2D eigenvalue weighted by Crippen LogP contribution is 2.41. The molecule has 1 fully saturated rings. The van der Waals surface area contributed by atoms with E-state index in [2.05, 4.69) is 49.6 Å². The lowest BCUT2D eigenvalue weighted by atomic mass is 9.71. The summed E-state index contributed by atoms with van der Waals surface area (Å²) in [6.07, 6.45) is 5.81. The van der Waals surface area contributed by atoms with E-state index in [1.165, 1.54) is 29.4 Å². The molecule has 3 heteroatoms. The summed E-state index contributed by atoms with van der Waals surface area (Å²) in [5.41, 5.74) is 4.77. The SMILES string of the molecule is CC(C)(C)C1CCc2c(c3ccccc3n2CC[N+]2([O-])CCCC2)C1. The molecule has 0 saturated carbocycles. The van der Waals surface area contributed by atoms with E-state index in [0.29, 0.717) is 5.41 Å². The van der Waals surface area contributed by atoms with Crippen LogP contribution in [0.2, 0.25) is 0 Å². The Morgan fingerprint density at radius 3 is 2.60 bits per heavy atom. The van der Waals surface area contributed by atoms with Crippen LogP contribution < -0.4 is 0 Å². The molecule has 1 atom stereocenters. The molecule has 0 bridgehead atoms. The number of aromatic nitrogens is 1. The number of hydrogen-bond acceptors (Lipinski definition) is 1. The molecule has 0 amide bonds. The number of fused-ring (bicyclic) bond motifs is 3. The maximum absolute atomic E-state index is 12.8. The standard InChI is InChI=1S/C22H32N2O/c1-22(2,3)17-10-11-21-19(16-17)18-8-4-5-9-20(18)23(21)12-15-24(25)13-6-7-14-24/h4-5,8-9,17H,6-7,10-16H2,1-3H3. The summed E-state index contributed by atoms with van der Waals surface area (Å²) in [5, 5.41) is 14.2. The van der Waals surface area contributed by atoms with E-state index in [9.17, 15) is 5.21 Å². The van der Waals surface area contributed by atoms with Crippen molar-refractivity contribution in [3.8, 4) is 0 Å².